The third-order valence-electron chi connectivity index (χ3n) is 6.07. The molecule has 1 aromatic heterocycles. The van der Waals surface area contributed by atoms with E-state index in [0.29, 0.717) is 12.1 Å². The van der Waals surface area contributed by atoms with Gasteiger partial charge >= 0.3 is 0 Å². The molecule has 2 saturated heterocycles. The Morgan fingerprint density at radius 2 is 2.04 bits per heavy atom. The minimum atomic E-state index is 0.352. The fourth-order valence-electron chi connectivity index (χ4n) is 4.45. The van der Waals surface area contributed by atoms with Gasteiger partial charge in [0.15, 0.2) is 5.96 Å². The van der Waals surface area contributed by atoms with Crippen LogP contribution in [0.15, 0.2) is 23.3 Å². The minimum Gasteiger partial charge on any atom is -0.474 e. The molecule has 1 N–H and O–H groups in total. The van der Waals surface area contributed by atoms with Crippen molar-refractivity contribution in [3.63, 3.8) is 0 Å². The zero-order chi connectivity index (χ0) is 19.2. The van der Waals surface area contributed by atoms with Crippen molar-refractivity contribution in [2.45, 2.75) is 50.8 Å². The first-order valence-corrected chi connectivity index (χ1v) is 10.7. The van der Waals surface area contributed by atoms with Crippen LogP contribution in [0.2, 0.25) is 0 Å². The van der Waals surface area contributed by atoms with Crippen LogP contribution in [-0.2, 0) is 11.3 Å². The average molecular weight is 388 g/mol. The Labute approximate surface area is 168 Å². The molecule has 0 aromatic carbocycles. The van der Waals surface area contributed by atoms with Crippen molar-refractivity contribution in [3.05, 3.63) is 23.9 Å². The second-order valence-electron chi connectivity index (χ2n) is 7.97. The normalized spacial score (nSPS) is 24.7. The first-order valence-electron chi connectivity index (χ1n) is 10.7. The van der Waals surface area contributed by atoms with Crippen molar-refractivity contribution in [1.82, 2.24) is 20.1 Å². The molecule has 3 fully saturated rings. The average Bonchev–Trinajstić information content (AvgIpc) is 3.43. The lowest BCUT2D eigenvalue weighted by atomic mass is 10.2. The summed E-state index contributed by atoms with van der Waals surface area (Å²) in [7, 11) is 1.86. The van der Waals surface area contributed by atoms with Gasteiger partial charge in [-0.25, -0.2) is 4.98 Å². The number of nitrogens with zero attached hydrogens (tertiary/aromatic N) is 4. The summed E-state index contributed by atoms with van der Waals surface area (Å²) in [6, 6.07) is 4.69. The van der Waals surface area contributed by atoms with Crippen molar-refractivity contribution >= 4 is 5.96 Å². The van der Waals surface area contributed by atoms with Gasteiger partial charge in [-0.3, -0.25) is 9.89 Å². The molecular weight excluding hydrogens is 354 g/mol. The van der Waals surface area contributed by atoms with Crippen LogP contribution in [0.25, 0.3) is 0 Å². The smallest absolute Gasteiger partial charge is 0.213 e. The number of likely N-dealkylation sites (tertiary alicyclic amines) is 1. The van der Waals surface area contributed by atoms with E-state index in [-0.39, 0.29) is 0 Å². The highest BCUT2D eigenvalue weighted by Crippen LogP contribution is 2.23. The highest BCUT2D eigenvalue weighted by atomic mass is 16.5. The molecule has 0 radical (unpaired) electrons. The van der Waals surface area contributed by atoms with E-state index in [0.717, 1.165) is 76.2 Å². The third-order valence-corrected chi connectivity index (χ3v) is 6.07. The van der Waals surface area contributed by atoms with E-state index in [1.807, 2.05) is 19.3 Å². The van der Waals surface area contributed by atoms with Gasteiger partial charge in [0, 0.05) is 58.1 Å². The van der Waals surface area contributed by atoms with E-state index < -0.39 is 0 Å². The number of aliphatic imine (C=N–C) groups is 1. The lowest BCUT2D eigenvalue weighted by molar-refractivity contribution is 0.0195. The van der Waals surface area contributed by atoms with Gasteiger partial charge in [0.1, 0.15) is 6.10 Å². The van der Waals surface area contributed by atoms with Crippen LogP contribution in [0, 0.1) is 0 Å². The van der Waals surface area contributed by atoms with Crippen molar-refractivity contribution in [1.29, 1.82) is 0 Å². The third kappa shape index (κ3) is 4.94. The highest BCUT2D eigenvalue weighted by Gasteiger charge is 2.30. The summed E-state index contributed by atoms with van der Waals surface area (Å²) in [5, 5.41) is 3.50. The van der Waals surface area contributed by atoms with Gasteiger partial charge in [0.25, 0.3) is 0 Å². The predicted octanol–water partition coefficient (Wildman–Crippen LogP) is 1.88. The Bertz CT molecular complexity index is 639. The van der Waals surface area contributed by atoms with Crippen LogP contribution < -0.4 is 10.1 Å². The number of nitrogens with one attached hydrogen (secondary N) is 1. The topological polar surface area (TPSA) is 62.2 Å². The van der Waals surface area contributed by atoms with Gasteiger partial charge in [-0.05, 0) is 37.7 Å². The van der Waals surface area contributed by atoms with Crippen molar-refractivity contribution in [2.24, 2.45) is 4.99 Å². The molecule has 154 valence electrons. The summed E-state index contributed by atoms with van der Waals surface area (Å²) in [4.78, 5) is 13.9. The molecule has 3 aliphatic rings. The van der Waals surface area contributed by atoms with E-state index in [9.17, 15) is 0 Å². The molecule has 3 heterocycles. The van der Waals surface area contributed by atoms with Gasteiger partial charge in [0.2, 0.25) is 5.88 Å². The molecule has 1 saturated carbocycles. The summed E-state index contributed by atoms with van der Waals surface area (Å²) in [5.74, 6) is 1.72. The number of aromatic nitrogens is 1. The van der Waals surface area contributed by atoms with Crippen LogP contribution in [0.4, 0.5) is 0 Å². The van der Waals surface area contributed by atoms with E-state index in [2.05, 4.69) is 31.2 Å². The fraction of sp³-hybridized carbons (Fsp3) is 0.714. The number of guanidine groups is 1. The van der Waals surface area contributed by atoms with Crippen LogP contribution in [0.5, 0.6) is 5.88 Å². The van der Waals surface area contributed by atoms with E-state index >= 15 is 0 Å². The zero-order valence-corrected chi connectivity index (χ0v) is 17.0. The lowest BCUT2D eigenvalue weighted by Crippen LogP contribution is -2.46. The molecule has 7 nitrogen and oxygen atoms in total. The molecule has 0 amide bonds. The number of hydrogen-bond donors (Lipinski definition) is 1. The summed E-state index contributed by atoms with van der Waals surface area (Å²) in [6.07, 6.45) is 8.31. The number of rotatable bonds is 5. The summed E-state index contributed by atoms with van der Waals surface area (Å²) < 4.78 is 11.4. The van der Waals surface area contributed by atoms with Gasteiger partial charge < -0.3 is 19.7 Å². The van der Waals surface area contributed by atoms with Crippen LogP contribution in [0.3, 0.4) is 0 Å². The van der Waals surface area contributed by atoms with Crippen molar-refractivity contribution in [2.75, 3.05) is 46.4 Å². The number of morpholine rings is 1. The maximum Gasteiger partial charge on any atom is 0.213 e. The van der Waals surface area contributed by atoms with Crippen LogP contribution in [-0.4, -0.2) is 79.3 Å². The lowest BCUT2D eigenvalue weighted by Gasteiger charge is -2.32. The molecule has 1 aliphatic carbocycles. The van der Waals surface area contributed by atoms with E-state index in [1.54, 1.807) is 0 Å². The summed E-state index contributed by atoms with van der Waals surface area (Å²) in [6.45, 7) is 6.62. The molecule has 0 bridgehead atoms. The molecule has 4 rings (SSSR count). The standard InChI is InChI=1S/C21H33N5O2/c1-22-21(26-9-8-18(16-26)25-10-12-27-13-11-25)24-15-17-6-7-20(23-14-17)28-19-4-2-3-5-19/h6-7,14,18-19H,2-5,8-13,15-16H2,1H3,(H,22,24). The Balaban J connectivity index is 1.25. The Kier molecular flexibility index (Phi) is 6.65. The van der Waals surface area contributed by atoms with Gasteiger partial charge in [-0.15, -0.1) is 0 Å². The summed E-state index contributed by atoms with van der Waals surface area (Å²) in [5.41, 5.74) is 1.14. The van der Waals surface area contributed by atoms with Gasteiger partial charge in [-0.1, -0.05) is 6.07 Å². The number of hydrogen-bond acceptors (Lipinski definition) is 5. The maximum absolute atomic E-state index is 5.95. The molecule has 2 aliphatic heterocycles. The van der Waals surface area contributed by atoms with Crippen molar-refractivity contribution < 1.29 is 9.47 Å². The first kappa shape index (κ1) is 19.5. The number of ether oxygens (including phenoxy) is 2. The van der Waals surface area contributed by atoms with Gasteiger partial charge in [-0.2, -0.15) is 0 Å². The van der Waals surface area contributed by atoms with E-state index in [4.69, 9.17) is 9.47 Å². The second kappa shape index (κ2) is 9.56. The quantitative estimate of drug-likeness (QED) is 0.615. The Morgan fingerprint density at radius 1 is 1.21 bits per heavy atom. The van der Waals surface area contributed by atoms with Gasteiger partial charge in [0.05, 0.1) is 13.2 Å². The number of pyridine rings is 1. The van der Waals surface area contributed by atoms with Crippen molar-refractivity contribution in [3.8, 4) is 5.88 Å². The maximum atomic E-state index is 5.95. The molecule has 1 aromatic rings. The van der Waals surface area contributed by atoms with E-state index in [1.165, 1.54) is 19.3 Å². The van der Waals surface area contributed by atoms with Crippen LogP contribution in [0.1, 0.15) is 37.7 Å². The minimum absolute atomic E-state index is 0.352. The summed E-state index contributed by atoms with van der Waals surface area (Å²) >= 11 is 0. The molecule has 0 spiro atoms. The SMILES string of the molecule is CN=C(NCc1ccc(OC2CCCC2)nc1)N1CCC(N2CCOCC2)C1. The zero-order valence-electron chi connectivity index (χ0n) is 17.0. The second-order valence-corrected chi connectivity index (χ2v) is 7.97. The Morgan fingerprint density at radius 3 is 2.75 bits per heavy atom. The molecule has 7 heteroatoms. The molecule has 1 atom stereocenters. The molecule has 1 unspecified atom stereocenters. The fourth-order valence-corrected chi connectivity index (χ4v) is 4.45. The van der Waals surface area contributed by atoms with Crippen LogP contribution >= 0.6 is 0 Å². The molecular formula is C21H33N5O2. The molecule has 28 heavy (non-hydrogen) atoms. The highest BCUT2D eigenvalue weighted by molar-refractivity contribution is 5.80. The Hall–Kier alpha value is -1.86. The monoisotopic (exact) mass is 387 g/mol. The largest absolute Gasteiger partial charge is 0.474 e. The first-order chi connectivity index (χ1) is 13.8. The predicted molar refractivity (Wildman–Crippen MR) is 110 cm³/mol.